The highest BCUT2D eigenvalue weighted by Crippen LogP contribution is 2.33. The lowest BCUT2D eigenvalue weighted by atomic mass is 10.0. The minimum Gasteiger partial charge on any atom is -0.404 e. The summed E-state index contributed by atoms with van der Waals surface area (Å²) in [6, 6.07) is 8.82. The fourth-order valence-corrected chi connectivity index (χ4v) is 1.86. The monoisotopic (exact) mass is 331 g/mol. The Morgan fingerprint density at radius 2 is 1.39 bits per heavy atom. The van der Waals surface area contributed by atoms with Crippen molar-refractivity contribution in [2.75, 3.05) is 0 Å². The zero-order valence-electron chi connectivity index (χ0n) is 11.2. The summed E-state index contributed by atoms with van der Waals surface area (Å²) >= 11 is 0. The molecule has 2 aromatic carbocycles. The molecule has 0 saturated heterocycles. The number of alkyl halides is 6. The van der Waals surface area contributed by atoms with Crippen LogP contribution in [-0.2, 0) is 6.18 Å². The van der Waals surface area contributed by atoms with Gasteiger partial charge in [0.2, 0.25) is 0 Å². The number of hydrogen-bond donors (Lipinski definition) is 0. The number of halogens is 6. The second-order valence-electron chi connectivity index (χ2n) is 4.45. The van der Waals surface area contributed by atoms with Gasteiger partial charge in [0.1, 0.15) is 11.8 Å². The van der Waals surface area contributed by atoms with Gasteiger partial charge in [-0.05, 0) is 35.4 Å². The second-order valence-corrected chi connectivity index (χ2v) is 4.45. The molecule has 0 heterocycles. The molecule has 2 nitrogen and oxygen atoms in total. The molecule has 0 unspecified atom stereocenters. The van der Waals surface area contributed by atoms with Crippen LogP contribution in [0, 0.1) is 11.3 Å². The summed E-state index contributed by atoms with van der Waals surface area (Å²) in [5.41, 5.74) is -0.758. The zero-order valence-corrected chi connectivity index (χ0v) is 11.2. The molecule has 23 heavy (non-hydrogen) atoms. The molecular formula is C15H7F6NO. The van der Waals surface area contributed by atoms with Gasteiger partial charge in [0, 0.05) is 0 Å². The van der Waals surface area contributed by atoms with Crippen molar-refractivity contribution in [2.45, 2.75) is 12.5 Å². The summed E-state index contributed by atoms with van der Waals surface area (Å²) in [6.45, 7) is 0. The number of nitrogens with zero attached hydrogens (tertiary/aromatic N) is 1. The van der Waals surface area contributed by atoms with Gasteiger partial charge in [-0.15, -0.1) is 13.2 Å². The van der Waals surface area contributed by atoms with Crippen molar-refractivity contribution < 1.29 is 31.1 Å². The van der Waals surface area contributed by atoms with Crippen LogP contribution in [0.2, 0.25) is 0 Å². The Morgan fingerprint density at radius 1 is 0.826 bits per heavy atom. The van der Waals surface area contributed by atoms with E-state index in [0.717, 1.165) is 36.4 Å². The Hall–Kier alpha value is -2.69. The van der Waals surface area contributed by atoms with E-state index in [9.17, 15) is 26.3 Å². The van der Waals surface area contributed by atoms with Crippen LogP contribution in [0.15, 0.2) is 42.5 Å². The number of ether oxygens (including phenoxy) is 1. The van der Waals surface area contributed by atoms with E-state index < -0.39 is 23.9 Å². The van der Waals surface area contributed by atoms with Gasteiger partial charge in [0.15, 0.2) is 0 Å². The minimum absolute atomic E-state index is 0.192. The van der Waals surface area contributed by atoms with Crippen LogP contribution in [0.4, 0.5) is 26.3 Å². The van der Waals surface area contributed by atoms with Crippen molar-refractivity contribution in [3.63, 3.8) is 0 Å². The highest BCUT2D eigenvalue weighted by atomic mass is 19.4. The van der Waals surface area contributed by atoms with Gasteiger partial charge in [-0.3, -0.25) is 0 Å². The third kappa shape index (κ3) is 4.16. The average molecular weight is 331 g/mol. The lowest BCUT2D eigenvalue weighted by Crippen LogP contribution is -2.17. The van der Waals surface area contributed by atoms with E-state index in [0.29, 0.717) is 0 Å². The molecule has 0 radical (unpaired) electrons. The molecule has 0 spiro atoms. The van der Waals surface area contributed by atoms with Gasteiger partial charge >= 0.3 is 12.5 Å². The van der Waals surface area contributed by atoms with Crippen LogP contribution in [-0.4, -0.2) is 6.36 Å². The normalized spacial score (nSPS) is 11.9. The van der Waals surface area contributed by atoms with Crippen LogP contribution in [0.25, 0.3) is 11.1 Å². The quantitative estimate of drug-likeness (QED) is 0.714. The van der Waals surface area contributed by atoms with E-state index >= 15 is 0 Å². The molecule has 0 bridgehead atoms. The minimum atomic E-state index is -4.98. The van der Waals surface area contributed by atoms with E-state index in [4.69, 9.17) is 5.26 Å². The fourth-order valence-electron chi connectivity index (χ4n) is 1.86. The first-order chi connectivity index (χ1) is 10.6. The van der Waals surface area contributed by atoms with Crippen molar-refractivity contribution in [1.82, 2.24) is 0 Å². The Kier molecular flexibility index (Phi) is 4.23. The van der Waals surface area contributed by atoms with E-state index in [1.165, 1.54) is 6.07 Å². The molecule has 0 fully saturated rings. The maximum atomic E-state index is 12.5. The van der Waals surface area contributed by atoms with Gasteiger partial charge < -0.3 is 4.74 Å². The van der Waals surface area contributed by atoms with Gasteiger partial charge in [-0.2, -0.15) is 18.4 Å². The maximum Gasteiger partial charge on any atom is 0.573 e. The third-order valence-corrected chi connectivity index (χ3v) is 2.87. The average Bonchev–Trinajstić information content (AvgIpc) is 2.45. The van der Waals surface area contributed by atoms with Gasteiger partial charge in [0.25, 0.3) is 0 Å². The Balaban J connectivity index is 2.41. The Labute approximate surface area is 126 Å². The number of nitriles is 1. The number of benzene rings is 2. The van der Waals surface area contributed by atoms with Gasteiger partial charge in [0.05, 0.1) is 11.1 Å². The molecule has 0 aromatic heterocycles. The van der Waals surface area contributed by atoms with Crippen LogP contribution in [0.5, 0.6) is 5.75 Å². The molecule has 120 valence electrons. The molecule has 0 saturated carbocycles. The summed E-state index contributed by atoms with van der Waals surface area (Å²) in [7, 11) is 0. The lowest BCUT2D eigenvalue weighted by molar-refractivity contribution is -0.274. The second kappa shape index (κ2) is 5.83. The predicted molar refractivity (Wildman–Crippen MR) is 68.3 cm³/mol. The first kappa shape index (κ1) is 16.7. The molecule has 0 aliphatic heterocycles. The van der Waals surface area contributed by atoms with Gasteiger partial charge in [-0.1, -0.05) is 18.2 Å². The van der Waals surface area contributed by atoms with E-state index in [2.05, 4.69) is 4.74 Å². The smallest absolute Gasteiger partial charge is 0.404 e. The summed E-state index contributed by atoms with van der Waals surface area (Å²) in [5.74, 6) is -0.711. The Bertz CT molecular complexity index is 741. The van der Waals surface area contributed by atoms with Crippen molar-refractivity contribution >= 4 is 0 Å². The highest BCUT2D eigenvalue weighted by Gasteiger charge is 2.32. The maximum absolute atomic E-state index is 12.5. The topological polar surface area (TPSA) is 33.0 Å². The van der Waals surface area contributed by atoms with Crippen LogP contribution < -0.4 is 4.74 Å². The SMILES string of the molecule is N#Cc1ccc(-c2ccc(C(F)(F)F)cc2)cc1OC(F)(F)F. The fraction of sp³-hybridized carbons (Fsp3) is 0.133. The molecule has 0 atom stereocenters. The van der Waals surface area contributed by atoms with Crippen LogP contribution >= 0.6 is 0 Å². The molecule has 8 heteroatoms. The van der Waals surface area contributed by atoms with E-state index in [-0.39, 0.29) is 16.7 Å². The zero-order chi connectivity index (χ0) is 17.3. The first-order valence-corrected chi connectivity index (χ1v) is 6.08. The van der Waals surface area contributed by atoms with E-state index in [1.807, 2.05) is 0 Å². The summed E-state index contributed by atoms with van der Waals surface area (Å²) in [6.07, 6.45) is -9.49. The highest BCUT2D eigenvalue weighted by molar-refractivity contribution is 5.67. The van der Waals surface area contributed by atoms with Crippen LogP contribution in [0.1, 0.15) is 11.1 Å². The van der Waals surface area contributed by atoms with Crippen molar-refractivity contribution in [3.8, 4) is 22.9 Å². The Morgan fingerprint density at radius 3 is 1.87 bits per heavy atom. The number of rotatable bonds is 2. The predicted octanol–water partition coefficient (Wildman–Crippen LogP) is 5.14. The molecule has 2 aromatic rings. The summed E-state index contributed by atoms with van der Waals surface area (Å²) in [4.78, 5) is 0. The number of hydrogen-bond acceptors (Lipinski definition) is 2. The van der Waals surface area contributed by atoms with Crippen molar-refractivity contribution in [1.29, 1.82) is 5.26 Å². The van der Waals surface area contributed by atoms with E-state index in [1.54, 1.807) is 6.07 Å². The summed E-state index contributed by atoms with van der Waals surface area (Å²) in [5, 5.41) is 8.78. The first-order valence-electron chi connectivity index (χ1n) is 6.08. The largest absolute Gasteiger partial charge is 0.573 e. The molecule has 0 aliphatic rings. The van der Waals surface area contributed by atoms with Crippen molar-refractivity contribution in [3.05, 3.63) is 53.6 Å². The molecule has 0 amide bonds. The summed E-state index contributed by atoms with van der Waals surface area (Å²) < 4.78 is 78.2. The molecular weight excluding hydrogens is 324 g/mol. The third-order valence-electron chi connectivity index (χ3n) is 2.87. The van der Waals surface area contributed by atoms with Gasteiger partial charge in [-0.25, -0.2) is 0 Å². The van der Waals surface area contributed by atoms with Crippen molar-refractivity contribution in [2.24, 2.45) is 0 Å². The molecule has 0 aliphatic carbocycles. The lowest BCUT2D eigenvalue weighted by Gasteiger charge is -2.12. The molecule has 0 N–H and O–H groups in total. The van der Waals surface area contributed by atoms with Crippen LogP contribution in [0.3, 0.4) is 0 Å². The standard InChI is InChI=1S/C15H7F6NO/c16-14(17,18)12-5-3-9(4-6-12)10-1-2-11(8-22)13(7-10)23-15(19,20)21/h1-7H. The molecule has 2 rings (SSSR count).